The fourth-order valence-electron chi connectivity index (χ4n) is 2.77. The van der Waals surface area contributed by atoms with Crippen LogP contribution in [0.2, 0.25) is 0 Å². The lowest BCUT2D eigenvalue weighted by molar-refractivity contribution is 0.148. The van der Waals surface area contributed by atoms with Crippen LogP contribution in [0, 0.1) is 12.8 Å². The van der Waals surface area contributed by atoms with Crippen molar-refractivity contribution in [3.05, 3.63) is 17.5 Å². The van der Waals surface area contributed by atoms with Gasteiger partial charge in [-0.1, -0.05) is 6.42 Å². The highest BCUT2D eigenvalue weighted by atomic mass is 16.2. The first-order valence-corrected chi connectivity index (χ1v) is 7.95. The minimum Gasteiger partial charge on any atom is -0.331 e. The minimum absolute atomic E-state index is 0.0196. The summed E-state index contributed by atoms with van der Waals surface area (Å²) in [7, 11) is 1.92. The van der Waals surface area contributed by atoms with Crippen molar-refractivity contribution in [2.24, 2.45) is 13.0 Å². The fraction of sp³-hybridized carbons (Fsp3) is 0.750. The second-order valence-electron chi connectivity index (χ2n) is 6.52. The molecule has 2 rings (SSSR count). The van der Waals surface area contributed by atoms with Crippen LogP contribution in [0.15, 0.2) is 6.20 Å². The van der Waals surface area contributed by atoms with Gasteiger partial charge in [-0.3, -0.25) is 4.68 Å². The summed E-state index contributed by atoms with van der Waals surface area (Å²) in [6.45, 7) is 9.09. The third-order valence-corrected chi connectivity index (χ3v) is 4.64. The van der Waals surface area contributed by atoms with Crippen molar-refractivity contribution in [1.29, 1.82) is 0 Å². The Balaban J connectivity index is 1.98. The van der Waals surface area contributed by atoms with Gasteiger partial charge in [-0.05, 0) is 46.5 Å². The number of aryl methyl sites for hydroxylation is 1. The van der Waals surface area contributed by atoms with Crippen molar-refractivity contribution in [3.63, 3.8) is 0 Å². The van der Waals surface area contributed by atoms with Gasteiger partial charge in [0.15, 0.2) is 0 Å². The lowest BCUT2D eigenvalue weighted by Crippen LogP contribution is -2.47. The number of rotatable bonds is 5. The van der Waals surface area contributed by atoms with Crippen LogP contribution in [0.5, 0.6) is 0 Å². The van der Waals surface area contributed by atoms with E-state index in [-0.39, 0.29) is 18.1 Å². The third-order valence-electron chi connectivity index (χ3n) is 4.64. The standard InChI is InChI=1S/C16H28N4O/c1-11(2)20(10-14-7-6-8-14)16(21)18-12(3)15-9-17-19(5)13(15)4/h9,11-12,14H,6-8,10H2,1-5H3,(H,18,21)/t12-/m1/s1. The number of nitrogens with one attached hydrogen (secondary N) is 1. The predicted molar refractivity (Wildman–Crippen MR) is 84.1 cm³/mol. The maximum atomic E-state index is 12.5. The summed E-state index contributed by atoms with van der Waals surface area (Å²) >= 11 is 0. The molecule has 1 saturated carbocycles. The summed E-state index contributed by atoms with van der Waals surface area (Å²) in [5.41, 5.74) is 2.18. The van der Waals surface area contributed by atoms with Crippen molar-refractivity contribution in [3.8, 4) is 0 Å². The van der Waals surface area contributed by atoms with Gasteiger partial charge in [0.25, 0.3) is 0 Å². The highest BCUT2D eigenvalue weighted by Gasteiger charge is 2.26. The van der Waals surface area contributed by atoms with Crippen LogP contribution in [0.3, 0.4) is 0 Å². The Bertz CT molecular complexity index is 490. The second-order valence-corrected chi connectivity index (χ2v) is 6.52. The van der Waals surface area contributed by atoms with Crippen molar-refractivity contribution >= 4 is 6.03 Å². The number of nitrogens with zero attached hydrogens (tertiary/aromatic N) is 3. The zero-order valence-electron chi connectivity index (χ0n) is 13.9. The van der Waals surface area contributed by atoms with E-state index in [9.17, 15) is 4.79 Å². The van der Waals surface area contributed by atoms with Crippen LogP contribution in [0.4, 0.5) is 4.79 Å². The van der Waals surface area contributed by atoms with E-state index < -0.39 is 0 Å². The molecule has 118 valence electrons. The summed E-state index contributed by atoms with van der Waals surface area (Å²) in [6, 6.07) is 0.245. The average Bonchev–Trinajstić information content (AvgIpc) is 2.67. The molecule has 0 bridgehead atoms. The maximum absolute atomic E-state index is 12.5. The Morgan fingerprint density at radius 3 is 2.57 bits per heavy atom. The maximum Gasteiger partial charge on any atom is 0.318 e. The Morgan fingerprint density at radius 1 is 1.48 bits per heavy atom. The molecule has 1 fully saturated rings. The number of aromatic nitrogens is 2. The molecule has 0 aliphatic heterocycles. The molecule has 1 aliphatic rings. The number of hydrogen-bond acceptors (Lipinski definition) is 2. The summed E-state index contributed by atoms with van der Waals surface area (Å²) in [6.07, 6.45) is 5.66. The molecule has 5 nitrogen and oxygen atoms in total. The van der Waals surface area contributed by atoms with E-state index in [1.807, 2.05) is 36.7 Å². The first-order chi connectivity index (χ1) is 9.90. The quantitative estimate of drug-likeness (QED) is 0.907. The molecule has 2 amide bonds. The third kappa shape index (κ3) is 3.57. The predicted octanol–water partition coefficient (Wildman–Crippen LogP) is 3.01. The SMILES string of the molecule is Cc1c([C@@H](C)NC(=O)N(CC2CCC2)C(C)C)cnn1C. The van der Waals surface area contributed by atoms with Gasteiger partial charge in [0.05, 0.1) is 12.2 Å². The zero-order chi connectivity index (χ0) is 15.6. The lowest BCUT2D eigenvalue weighted by atomic mass is 9.85. The van der Waals surface area contributed by atoms with E-state index in [4.69, 9.17) is 0 Å². The molecule has 1 atom stereocenters. The molecule has 21 heavy (non-hydrogen) atoms. The highest BCUT2D eigenvalue weighted by Crippen LogP contribution is 2.28. The van der Waals surface area contributed by atoms with Crippen LogP contribution >= 0.6 is 0 Å². The molecule has 0 saturated heterocycles. The number of urea groups is 1. The van der Waals surface area contributed by atoms with Gasteiger partial charge in [-0.15, -0.1) is 0 Å². The number of hydrogen-bond donors (Lipinski definition) is 1. The van der Waals surface area contributed by atoms with E-state index in [0.717, 1.165) is 17.8 Å². The van der Waals surface area contributed by atoms with E-state index in [0.29, 0.717) is 5.92 Å². The van der Waals surface area contributed by atoms with Crippen LogP contribution < -0.4 is 5.32 Å². The van der Waals surface area contributed by atoms with Crippen molar-refractivity contribution in [1.82, 2.24) is 20.0 Å². The number of carbonyl (C=O) groups excluding carboxylic acids is 1. The Hall–Kier alpha value is -1.52. The first kappa shape index (κ1) is 15.9. The average molecular weight is 292 g/mol. The lowest BCUT2D eigenvalue weighted by Gasteiger charge is -2.35. The fourth-order valence-corrected chi connectivity index (χ4v) is 2.77. The zero-order valence-corrected chi connectivity index (χ0v) is 13.9. The molecular weight excluding hydrogens is 264 g/mol. The second kappa shape index (κ2) is 6.50. The molecule has 1 aromatic rings. The molecule has 1 N–H and O–H groups in total. The molecule has 1 aromatic heterocycles. The summed E-state index contributed by atoms with van der Waals surface area (Å²) in [4.78, 5) is 14.5. The number of carbonyl (C=O) groups is 1. The van der Waals surface area contributed by atoms with Crippen molar-refractivity contribution < 1.29 is 4.79 Å². The molecule has 1 aliphatic carbocycles. The Morgan fingerprint density at radius 2 is 2.14 bits per heavy atom. The van der Waals surface area contributed by atoms with Gasteiger partial charge in [0, 0.05) is 30.9 Å². The molecule has 5 heteroatoms. The van der Waals surface area contributed by atoms with E-state index in [1.165, 1.54) is 19.3 Å². The van der Waals surface area contributed by atoms with Crippen LogP contribution in [0.1, 0.15) is 57.3 Å². The van der Waals surface area contributed by atoms with Crippen LogP contribution in [-0.4, -0.2) is 33.3 Å². The van der Waals surface area contributed by atoms with E-state index >= 15 is 0 Å². The van der Waals surface area contributed by atoms with E-state index in [2.05, 4.69) is 24.3 Å². The summed E-state index contributed by atoms with van der Waals surface area (Å²) in [5, 5.41) is 7.37. The van der Waals surface area contributed by atoms with Crippen molar-refractivity contribution in [2.45, 2.75) is 59.0 Å². The Labute approximate surface area is 127 Å². The smallest absolute Gasteiger partial charge is 0.318 e. The highest BCUT2D eigenvalue weighted by molar-refractivity contribution is 5.75. The van der Waals surface area contributed by atoms with Crippen LogP contribution in [-0.2, 0) is 7.05 Å². The normalized spacial score (nSPS) is 16.7. The molecule has 0 aromatic carbocycles. The summed E-state index contributed by atoms with van der Waals surface area (Å²) in [5.74, 6) is 0.689. The van der Waals surface area contributed by atoms with Crippen molar-refractivity contribution in [2.75, 3.05) is 6.54 Å². The van der Waals surface area contributed by atoms with Gasteiger partial charge in [-0.2, -0.15) is 5.10 Å². The van der Waals surface area contributed by atoms with Gasteiger partial charge < -0.3 is 10.2 Å². The topological polar surface area (TPSA) is 50.2 Å². The van der Waals surface area contributed by atoms with Crippen LogP contribution in [0.25, 0.3) is 0 Å². The first-order valence-electron chi connectivity index (χ1n) is 7.95. The molecule has 0 unspecified atom stereocenters. The van der Waals surface area contributed by atoms with Gasteiger partial charge in [0.2, 0.25) is 0 Å². The number of amides is 2. The molecule has 0 radical (unpaired) electrons. The van der Waals surface area contributed by atoms with Gasteiger partial charge in [-0.25, -0.2) is 4.79 Å². The monoisotopic (exact) mass is 292 g/mol. The molecular formula is C16H28N4O. The minimum atomic E-state index is -0.0196. The molecule has 1 heterocycles. The summed E-state index contributed by atoms with van der Waals surface area (Å²) < 4.78 is 1.84. The van der Waals surface area contributed by atoms with Gasteiger partial charge in [0.1, 0.15) is 0 Å². The Kier molecular flexibility index (Phi) is 4.91. The van der Waals surface area contributed by atoms with E-state index in [1.54, 1.807) is 0 Å². The van der Waals surface area contributed by atoms with Gasteiger partial charge >= 0.3 is 6.03 Å². The molecule has 0 spiro atoms. The largest absolute Gasteiger partial charge is 0.331 e.